The zero-order valence-corrected chi connectivity index (χ0v) is 17.8. The highest BCUT2D eigenvalue weighted by atomic mass is 32.2. The summed E-state index contributed by atoms with van der Waals surface area (Å²) in [4.78, 5) is 17.0. The first-order chi connectivity index (χ1) is 14.5. The van der Waals surface area contributed by atoms with Crippen molar-refractivity contribution < 1.29 is 13.6 Å². The quantitative estimate of drug-likeness (QED) is 0.516. The largest absolute Gasteiger partial charge is 0.303 e. The molecule has 2 aliphatic carbocycles. The lowest BCUT2D eigenvalue weighted by Gasteiger charge is -2.12. The van der Waals surface area contributed by atoms with Gasteiger partial charge in [-0.2, -0.15) is 0 Å². The average molecular weight is 448 g/mol. The highest BCUT2D eigenvalue weighted by Gasteiger charge is 2.37. The van der Waals surface area contributed by atoms with Crippen LogP contribution in [0.4, 0.5) is 13.9 Å². The van der Waals surface area contributed by atoms with Crippen molar-refractivity contribution in [2.45, 2.75) is 55.0 Å². The molecule has 0 bridgehead atoms. The first kappa shape index (κ1) is 19.6. The summed E-state index contributed by atoms with van der Waals surface area (Å²) in [6.45, 7) is 1.83. The fourth-order valence-corrected chi connectivity index (χ4v) is 4.85. The Morgan fingerprint density at radius 1 is 1.23 bits per heavy atom. The van der Waals surface area contributed by atoms with Crippen LogP contribution in [0.1, 0.15) is 50.4 Å². The smallest absolute Gasteiger partial charge is 0.239 e. The molecule has 2 heterocycles. The van der Waals surface area contributed by atoms with Crippen LogP contribution in [0.5, 0.6) is 0 Å². The van der Waals surface area contributed by atoms with Gasteiger partial charge >= 0.3 is 0 Å². The number of nitrogens with zero attached hydrogens (tertiary/aromatic N) is 4. The van der Waals surface area contributed by atoms with E-state index < -0.39 is 11.6 Å². The molecular weight excluding hydrogens is 428 g/mol. The molecule has 3 aromatic rings. The number of carbonyl (C=O) groups excluding carboxylic acids is 1. The number of hydrogen-bond acceptors (Lipinski definition) is 6. The van der Waals surface area contributed by atoms with Gasteiger partial charge in [-0.3, -0.25) is 4.79 Å². The lowest BCUT2D eigenvalue weighted by Crippen LogP contribution is -2.23. The van der Waals surface area contributed by atoms with E-state index in [1.54, 1.807) is 5.38 Å². The van der Waals surface area contributed by atoms with Crippen LogP contribution in [0.15, 0.2) is 28.7 Å². The molecular formula is C20H19F2N5OS2. The molecule has 0 radical (unpaired) electrons. The highest BCUT2D eigenvalue weighted by Crippen LogP contribution is 2.46. The van der Waals surface area contributed by atoms with Crippen LogP contribution in [0.25, 0.3) is 11.3 Å². The van der Waals surface area contributed by atoms with Gasteiger partial charge in [0.05, 0.1) is 10.9 Å². The topological polar surface area (TPSA) is 72.7 Å². The minimum atomic E-state index is -0.929. The molecule has 10 heteroatoms. The van der Waals surface area contributed by atoms with E-state index >= 15 is 0 Å². The van der Waals surface area contributed by atoms with Gasteiger partial charge in [-0.05, 0) is 50.8 Å². The summed E-state index contributed by atoms with van der Waals surface area (Å²) in [7, 11) is 0. The number of anilines is 1. The Labute approximate surface area is 180 Å². The normalized spacial score (nSPS) is 17.2. The second kappa shape index (κ2) is 7.73. The van der Waals surface area contributed by atoms with Crippen molar-refractivity contribution >= 4 is 34.1 Å². The van der Waals surface area contributed by atoms with Crippen molar-refractivity contribution in [1.29, 1.82) is 0 Å². The van der Waals surface area contributed by atoms with Crippen LogP contribution >= 0.6 is 23.1 Å². The maximum Gasteiger partial charge on any atom is 0.239 e. The van der Waals surface area contributed by atoms with Crippen molar-refractivity contribution in [3.05, 3.63) is 41.0 Å². The molecule has 156 valence electrons. The van der Waals surface area contributed by atoms with Gasteiger partial charge in [0, 0.05) is 22.9 Å². The molecule has 30 heavy (non-hydrogen) atoms. The summed E-state index contributed by atoms with van der Waals surface area (Å²) in [5.74, 6) is -0.450. The molecule has 2 saturated carbocycles. The van der Waals surface area contributed by atoms with E-state index in [-0.39, 0.29) is 11.2 Å². The lowest BCUT2D eigenvalue weighted by molar-refractivity contribution is -0.115. The second-order valence-corrected chi connectivity index (χ2v) is 9.80. The van der Waals surface area contributed by atoms with E-state index in [2.05, 4.69) is 25.1 Å². The van der Waals surface area contributed by atoms with E-state index in [0.717, 1.165) is 48.8 Å². The van der Waals surface area contributed by atoms with Crippen LogP contribution in [0.3, 0.4) is 0 Å². The van der Waals surface area contributed by atoms with E-state index in [9.17, 15) is 13.6 Å². The van der Waals surface area contributed by atoms with Crippen LogP contribution in [-0.2, 0) is 4.79 Å². The Balaban J connectivity index is 1.26. The highest BCUT2D eigenvalue weighted by molar-refractivity contribution is 8.00. The van der Waals surface area contributed by atoms with E-state index in [1.165, 1.54) is 29.2 Å². The number of halogens is 2. The summed E-state index contributed by atoms with van der Waals surface area (Å²) in [6.07, 6.45) is 4.60. The Morgan fingerprint density at radius 2 is 2.03 bits per heavy atom. The van der Waals surface area contributed by atoms with Crippen molar-refractivity contribution in [2.75, 3.05) is 5.32 Å². The summed E-state index contributed by atoms with van der Waals surface area (Å²) < 4.78 is 28.8. The lowest BCUT2D eigenvalue weighted by atomic mass is 10.2. The number of hydrogen-bond donors (Lipinski definition) is 1. The predicted octanol–water partition coefficient (Wildman–Crippen LogP) is 5.01. The number of amides is 1. The zero-order chi connectivity index (χ0) is 20.8. The van der Waals surface area contributed by atoms with E-state index in [4.69, 9.17) is 0 Å². The summed E-state index contributed by atoms with van der Waals surface area (Å²) >= 11 is 2.64. The molecule has 2 fully saturated rings. The second-order valence-electron chi connectivity index (χ2n) is 7.63. The van der Waals surface area contributed by atoms with Crippen molar-refractivity contribution in [1.82, 2.24) is 19.7 Å². The molecule has 0 saturated heterocycles. The predicted molar refractivity (Wildman–Crippen MR) is 112 cm³/mol. The van der Waals surface area contributed by atoms with E-state index in [1.807, 2.05) is 6.92 Å². The van der Waals surface area contributed by atoms with Gasteiger partial charge in [0.15, 0.2) is 21.9 Å². The minimum Gasteiger partial charge on any atom is -0.303 e. The van der Waals surface area contributed by atoms with Gasteiger partial charge < -0.3 is 9.88 Å². The van der Waals surface area contributed by atoms with Gasteiger partial charge in [-0.1, -0.05) is 11.8 Å². The third kappa shape index (κ3) is 3.98. The van der Waals surface area contributed by atoms with Gasteiger partial charge in [0.2, 0.25) is 5.91 Å². The maximum absolute atomic E-state index is 13.5. The van der Waals surface area contributed by atoms with Crippen LogP contribution < -0.4 is 5.32 Å². The Morgan fingerprint density at radius 3 is 2.73 bits per heavy atom. The number of thiazole rings is 1. The zero-order valence-electron chi connectivity index (χ0n) is 16.1. The van der Waals surface area contributed by atoms with Crippen LogP contribution in [0, 0.1) is 11.6 Å². The van der Waals surface area contributed by atoms with Gasteiger partial charge in [0.25, 0.3) is 0 Å². The van der Waals surface area contributed by atoms with Gasteiger partial charge in [-0.25, -0.2) is 13.8 Å². The van der Waals surface area contributed by atoms with Gasteiger partial charge in [0.1, 0.15) is 5.82 Å². The SMILES string of the molecule is CC(Sc1nnc(C2CC2)n1C1CC1)C(=O)Nc1nc(-c2ccc(F)c(F)c2)cs1. The van der Waals surface area contributed by atoms with Crippen LogP contribution in [0.2, 0.25) is 0 Å². The summed E-state index contributed by atoms with van der Waals surface area (Å²) in [5, 5.41) is 14.1. The average Bonchev–Trinajstić information content (AvgIpc) is 3.66. The number of rotatable bonds is 7. The number of nitrogens with one attached hydrogen (secondary N) is 1. The van der Waals surface area contributed by atoms with E-state index in [0.29, 0.717) is 28.3 Å². The molecule has 1 amide bonds. The van der Waals surface area contributed by atoms with Crippen molar-refractivity contribution in [3.63, 3.8) is 0 Å². The van der Waals surface area contributed by atoms with Crippen molar-refractivity contribution in [2.24, 2.45) is 0 Å². The number of aromatic nitrogens is 4. The molecule has 1 unspecified atom stereocenters. The first-order valence-corrected chi connectivity index (χ1v) is 11.6. The third-order valence-electron chi connectivity index (χ3n) is 5.15. The fraction of sp³-hybridized carbons (Fsp3) is 0.400. The molecule has 6 nitrogen and oxygen atoms in total. The standard InChI is InChI=1S/C20H19F2N5OS2/c1-10(30-20-26-25-17(11-2-3-11)27(20)13-5-6-13)18(28)24-19-23-16(9-29-19)12-4-7-14(21)15(22)8-12/h4,7-11,13H,2-3,5-6H2,1H3,(H,23,24,28). The molecule has 0 aliphatic heterocycles. The van der Waals surface area contributed by atoms with Gasteiger partial charge in [-0.15, -0.1) is 21.5 Å². The monoisotopic (exact) mass is 447 g/mol. The Bertz CT molecular complexity index is 1110. The van der Waals surface area contributed by atoms with Crippen LogP contribution in [-0.4, -0.2) is 30.9 Å². The van der Waals surface area contributed by atoms with Crippen molar-refractivity contribution in [3.8, 4) is 11.3 Å². The molecule has 1 atom stereocenters. The maximum atomic E-state index is 13.5. The first-order valence-electron chi connectivity index (χ1n) is 9.83. The molecule has 2 aliphatic rings. The molecule has 0 spiro atoms. The summed E-state index contributed by atoms with van der Waals surface area (Å²) in [6, 6.07) is 4.08. The fourth-order valence-electron chi connectivity index (χ4n) is 3.20. The number of thioether (sulfide) groups is 1. The Kier molecular flexibility index (Phi) is 5.06. The molecule has 1 N–H and O–H groups in total. The molecule has 2 aromatic heterocycles. The minimum absolute atomic E-state index is 0.190. The molecule has 5 rings (SSSR count). The molecule has 1 aromatic carbocycles. The number of benzene rings is 1. The Hall–Kier alpha value is -2.33. The third-order valence-corrected chi connectivity index (χ3v) is 6.96. The summed E-state index contributed by atoms with van der Waals surface area (Å²) in [5.41, 5.74) is 0.940. The number of carbonyl (C=O) groups is 1.